The molecule has 2 rings (SSSR count). The van der Waals surface area contributed by atoms with Crippen LogP contribution in [0.15, 0.2) is 18.2 Å². The molecule has 1 aliphatic heterocycles. The fourth-order valence-electron chi connectivity index (χ4n) is 1.68. The molecule has 0 radical (unpaired) electrons. The Balaban J connectivity index is 2.54. The molecule has 0 spiro atoms. The molecule has 2 amide bonds. The van der Waals surface area contributed by atoms with Gasteiger partial charge in [0.05, 0.1) is 5.69 Å². The van der Waals surface area contributed by atoms with Gasteiger partial charge in [-0.05, 0) is 25.1 Å². The molecule has 1 heterocycles. The van der Waals surface area contributed by atoms with Gasteiger partial charge in [-0.1, -0.05) is 0 Å². The molecule has 1 atom stereocenters. The number of anilines is 2. The predicted molar refractivity (Wildman–Crippen MR) is 60.5 cm³/mol. The van der Waals surface area contributed by atoms with Gasteiger partial charge in [-0.2, -0.15) is 0 Å². The van der Waals surface area contributed by atoms with Crippen molar-refractivity contribution in [2.75, 3.05) is 17.2 Å². The number of nitrogens with zero attached hydrogens (tertiary/aromatic N) is 1. The number of nitrogens with two attached hydrogens (primary N) is 1. The number of aliphatic hydroxyl groups excluding tert-OH is 1. The lowest BCUT2D eigenvalue weighted by Gasteiger charge is -2.31. The summed E-state index contributed by atoms with van der Waals surface area (Å²) in [5.41, 5.74) is 6.28. The average molecular weight is 236 g/mol. The van der Waals surface area contributed by atoms with Crippen molar-refractivity contribution in [2.45, 2.75) is 13.0 Å². The minimum atomic E-state index is -0.762. The first-order chi connectivity index (χ1) is 8.04. The highest BCUT2D eigenvalue weighted by molar-refractivity contribution is 6.18. The third kappa shape index (κ3) is 1.83. The van der Waals surface area contributed by atoms with Gasteiger partial charge in [0.1, 0.15) is 12.4 Å². The number of carbonyl (C=O) groups excluding carboxylic acids is 2. The Morgan fingerprint density at radius 2 is 2.29 bits per heavy atom. The van der Waals surface area contributed by atoms with Crippen LogP contribution >= 0.6 is 0 Å². The van der Waals surface area contributed by atoms with E-state index >= 15 is 0 Å². The maximum absolute atomic E-state index is 11.8. The van der Waals surface area contributed by atoms with Crippen molar-refractivity contribution in [3.63, 3.8) is 0 Å². The van der Waals surface area contributed by atoms with Gasteiger partial charge in [0.2, 0.25) is 0 Å². The van der Waals surface area contributed by atoms with E-state index in [1.165, 1.54) is 6.07 Å². The largest absolute Gasteiger partial charge is 0.479 e. The van der Waals surface area contributed by atoms with Gasteiger partial charge in [-0.3, -0.25) is 9.59 Å². The van der Waals surface area contributed by atoms with Crippen LogP contribution in [0.2, 0.25) is 0 Å². The smallest absolute Gasteiger partial charge is 0.274 e. The Hall–Kier alpha value is -2.08. The second-order valence-electron chi connectivity index (χ2n) is 3.71. The third-order valence-corrected chi connectivity index (χ3v) is 2.48. The molecule has 1 unspecified atom stereocenters. The zero-order valence-corrected chi connectivity index (χ0v) is 9.21. The van der Waals surface area contributed by atoms with Crippen LogP contribution in [0.25, 0.3) is 0 Å². The molecular formula is C11H12N2O4. The van der Waals surface area contributed by atoms with Crippen LogP contribution in [0.4, 0.5) is 11.4 Å². The van der Waals surface area contributed by atoms with Crippen LogP contribution in [0.5, 0.6) is 5.75 Å². The number of ether oxygens (including phenoxy) is 1. The number of rotatable bonds is 1. The van der Waals surface area contributed by atoms with Gasteiger partial charge in [-0.25, -0.2) is 4.90 Å². The standard InChI is InChI=1S/C11H12N2O4/c1-6-11(16)13(10(15)5-14)8-4-7(12)2-3-9(8)17-6/h2-4,6,14H,5,12H2,1H3. The maximum Gasteiger partial charge on any atom is 0.274 e. The number of hydrogen-bond acceptors (Lipinski definition) is 5. The molecule has 6 heteroatoms. The summed E-state index contributed by atoms with van der Waals surface area (Å²) < 4.78 is 5.34. The first-order valence-corrected chi connectivity index (χ1v) is 5.08. The predicted octanol–water partition coefficient (Wildman–Crippen LogP) is -0.0984. The number of aliphatic hydroxyl groups is 1. The number of nitrogen functional groups attached to an aromatic ring is 1. The zero-order valence-electron chi connectivity index (χ0n) is 9.21. The minimum Gasteiger partial charge on any atom is -0.479 e. The zero-order chi connectivity index (χ0) is 12.6. The van der Waals surface area contributed by atoms with Crippen LogP contribution in [0.1, 0.15) is 6.92 Å². The van der Waals surface area contributed by atoms with E-state index in [2.05, 4.69) is 0 Å². The summed E-state index contributed by atoms with van der Waals surface area (Å²) in [5, 5.41) is 8.87. The van der Waals surface area contributed by atoms with E-state index in [0.29, 0.717) is 11.4 Å². The highest BCUT2D eigenvalue weighted by atomic mass is 16.5. The third-order valence-electron chi connectivity index (χ3n) is 2.48. The van der Waals surface area contributed by atoms with Crippen LogP contribution in [0, 0.1) is 0 Å². The summed E-state index contributed by atoms with van der Waals surface area (Å²) in [4.78, 5) is 24.3. The van der Waals surface area contributed by atoms with E-state index in [9.17, 15) is 9.59 Å². The molecule has 0 saturated carbocycles. The Morgan fingerprint density at radius 1 is 1.59 bits per heavy atom. The van der Waals surface area contributed by atoms with Crippen molar-refractivity contribution in [3.8, 4) is 5.75 Å². The molecule has 3 N–H and O–H groups in total. The number of fused-ring (bicyclic) bond motifs is 1. The van der Waals surface area contributed by atoms with Crippen molar-refractivity contribution >= 4 is 23.2 Å². The highest BCUT2D eigenvalue weighted by Crippen LogP contribution is 2.35. The molecule has 6 nitrogen and oxygen atoms in total. The van der Waals surface area contributed by atoms with E-state index in [0.717, 1.165) is 4.90 Å². The lowest BCUT2D eigenvalue weighted by molar-refractivity contribution is -0.132. The van der Waals surface area contributed by atoms with Gasteiger partial charge in [0.15, 0.2) is 6.10 Å². The SMILES string of the molecule is CC1Oc2ccc(N)cc2N(C(=O)CO)C1=O. The lowest BCUT2D eigenvalue weighted by atomic mass is 10.1. The summed E-state index contributed by atoms with van der Waals surface area (Å²) >= 11 is 0. The fraction of sp³-hybridized carbons (Fsp3) is 0.273. The number of amides is 2. The van der Waals surface area contributed by atoms with Crippen molar-refractivity contribution in [1.29, 1.82) is 0 Å². The van der Waals surface area contributed by atoms with E-state index in [1.807, 2.05) is 0 Å². The van der Waals surface area contributed by atoms with Gasteiger partial charge in [0, 0.05) is 5.69 Å². The normalized spacial score (nSPS) is 18.6. The lowest BCUT2D eigenvalue weighted by Crippen LogP contribution is -2.48. The second kappa shape index (κ2) is 4.06. The van der Waals surface area contributed by atoms with Crippen LogP contribution in [-0.2, 0) is 9.59 Å². The molecule has 1 aromatic carbocycles. The summed E-state index contributed by atoms with van der Waals surface area (Å²) in [6.07, 6.45) is -0.762. The van der Waals surface area contributed by atoms with E-state index < -0.39 is 24.5 Å². The van der Waals surface area contributed by atoms with E-state index in [1.54, 1.807) is 19.1 Å². The molecule has 1 aliphatic rings. The van der Waals surface area contributed by atoms with Crippen LogP contribution in [0.3, 0.4) is 0 Å². The van der Waals surface area contributed by atoms with Crippen LogP contribution in [-0.4, -0.2) is 29.6 Å². The molecule has 1 aromatic rings. The first kappa shape index (κ1) is 11.4. The van der Waals surface area contributed by atoms with Gasteiger partial charge < -0.3 is 15.6 Å². The summed E-state index contributed by atoms with van der Waals surface area (Å²) in [7, 11) is 0. The van der Waals surface area contributed by atoms with Crippen molar-refractivity contribution in [3.05, 3.63) is 18.2 Å². The summed E-state index contributed by atoms with van der Waals surface area (Å²) in [6.45, 7) is 0.798. The molecule has 0 aliphatic carbocycles. The number of benzene rings is 1. The Labute approximate surface area is 97.6 Å². The average Bonchev–Trinajstić information content (AvgIpc) is 2.31. The van der Waals surface area contributed by atoms with E-state index in [-0.39, 0.29) is 5.69 Å². The molecule has 90 valence electrons. The van der Waals surface area contributed by atoms with Gasteiger partial charge >= 0.3 is 0 Å². The molecule has 0 bridgehead atoms. The Morgan fingerprint density at radius 3 is 2.94 bits per heavy atom. The monoisotopic (exact) mass is 236 g/mol. The molecule has 17 heavy (non-hydrogen) atoms. The highest BCUT2D eigenvalue weighted by Gasteiger charge is 2.35. The molecular weight excluding hydrogens is 224 g/mol. The van der Waals surface area contributed by atoms with Crippen molar-refractivity contribution < 1.29 is 19.4 Å². The first-order valence-electron chi connectivity index (χ1n) is 5.08. The number of carbonyl (C=O) groups is 2. The Bertz CT molecular complexity index is 486. The minimum absolute atomic E-state index is 0.271. The molecule has 0 aromatic heterocycles. The van der Waals surface area contributed by atoms with Gasteiger partial charge in [0.25, 0.3) is 11.8 Å². The van der Waals surface area contributed by atoms with Gasteiger partial charge in [-0.15, -0.1) is 0 Å². The van der Waals surface area contributed by atoms with Crippen molar-refractivity contribution in [2.24, 2.45) is 0 Å². The quantitative estimate of drug-likeness (QED) is 0.664. The van der Waals surface area contributed by atoms with Crippen molar-refractivity contribution in [1.82, 2.24) is 0 Å². The van der Waals surface area contributed by atoms with Crippen LogP contribution < -0.4 is 15.4 Å². The second-order valence-corrected chi connectivity index (χ2v) is 3.71. The Kier molecular flexibility index (Phi) is 2.72. The maximum atomic E-state index is 11.8. The summed E-state index contributed by atoms with van der Waals surface area (Å²) in [6, 6.07) is 4.67. The number of imide groups is 1. The molecule has 0 fully saturated rings. The molecule has 0 saturated heterocycles. The fourth-order valence-corrected chi connectivity index (χ4v) is 1.68. The van der Waals surface area contributed by atoms with E-state index in [4.69, 9.17) is 15.6 Å². The topological polar surface area (TPSA) is 92.9 Å². The summed E-state index contributed by atoms with van der Waals surface area (Å²) in [5.74, 6) is -0.813. The number of hydrogen-bond donors (Lipinski definition) is 2.